The molecule has 0 saturated carbocycles. The van der Waals surface area contributed by atoms with Crippen molar-refractivity contribution in [1.82, 2.24) is 10.3 Å². The Balaban J connectivity index is 1.75. The zero-order valence-electron chi connectivity index (χ0n) is 14.9. The summed E-state index contributed by atoms with van der Waals surface area (Å²) in [6.07, 6.45) is 1.33. The van der Waals surface area contributed by atoms with Crippen molar-refractivity contribution in [3.05, 3.63) is 60.5 Å². The topological polar surface area (TPSA) is 62.3 Å². The van der Waals surface area contributed by atoms with Gasteiger partial charge in [0.15, 0.2) is 0 Å². The maximum absolute atomic E-state index is 13.5. The van der Waals surface area contributed by atoms with Gasteiger partial charge in [-0.2, -0.15) is 0 Å². The summed E-state index contributed by atoms with van der Waals surface area (Å²) in [5.74, 6) is -0.583. The highest BCUT2D eigenvalue weighted by Crippen LogP contribution is 2.27. The maximum Gasteiger partial charge on any atom is 0.208 e. The van der Waals surface area contributed by atoms with Gasteiger partial charge in [0, 0.05) is 42.9 Å². The van der Waals surface area contributed by atoms with Crippen LogP contribution in [0.25, 0.3) is 10.9 Å². The average molecular weight is 385 g/mol. The van der Waals surface area contributed by atoms with Crippen LogP contribution in [-0.2, 0) is 9.84 Å². The van der Waals surface area contributed by atoms with E-state index in [2.05, 4.69) is 22.1 Å². The molecular weight excluding hydrogens is 365 g/mol. The molecule has 0 aliphatic carbocycles. The first-order valence-corrected chi connectivity index (χ1v) is 10.3. The van der Waals surface area contributed by atoms with Crippen molar-refractivity contribution in [2.45, 2.75) is 22.8 Å². The van der Waals surface area contributed by atoms with E-state index in [0.29, 0.717) is 6.04 Å². The first-order chi connectivity index (χ1) is 12.9. The van der Waals surface area contributed by atoms with Crippen LogP contribution in [0.15, 0.2) is 64.5 Å². The Morgan fingerprint density at radius 1 is 1.15 bits per heavy atom. The van der Waals surface area contributed by atoms with Gasteiger partial charge in [-0.3, -0.25) is 4.98 Å². The molecule has 5 nitrogen and oxygen atoms in total. The van der Waals surface area contributed by atoms with Crippen LogP contribution in [0.2, 0.25) is 0 Å². The molecule has 4 rings (SSSR count). The number of nitrogens with one attached hydrogen (secondary N) is 1. The summed E-state index contributed by atoms with van der Waals surface area (Å²) in [6.45, 7) is 4.83. The van der Waals surface area contributed by atoms with Gasteiger partial charge in [-0.05, 0) is 49.4 Å². The van der Waals surface area contributed by atoms with Crippen LogP contribution >= 0.6 is 0 Å². The number of sulfone groups is 1. The molecule has 140 valence electrons. The number of aromatic nitrogens is 1. The molecule has 7 heteroatoms. The van der Waals surface area contributed by atoms with Crippen LogP contribution < -0.4 is 10.2 Å². The molecule has 1 aliphatic heterocycles. The zero-order valence-corrected chi connectivity index (χ0v) is 15.7. The van der Waals surface area contributed by atoms with Gasteiger partial charge in [0.05, 0.1) is 15.3 Å². The van der Waals surface area contributed by atoms with Gasteiger partial charge < -0.3 is 10.2 Å². The predicted octanol–water partition coefficient (Wildman–Crippen LogP) is 3.00. The molecule has 0 radical (unpaired) electrons. The van der Waals surface area contributed by atoms with Crippen molar-refractivity contribution >= 4 is 26.4 Å². The third kappa shape index (κ3) is 3.52. The molecular formula is C20H20FN3O2S. The number of piperazine rings is 1. The van der Waals surface area contributed by atoms with Crippen LogP contribution in [0.5, 0.6) is 0 Å². The van der Waals surface area contributed by atoms with Gasteiger partial charge in [-0.1, -0.05) is 6.07 Å². The van der Waals surface area contributed by atoms with E-state index in [1.54, 1.807) is 6.07 Å². The molecule has 0 unspecified atom stereocenters. The Labute approximate surface area is 157 Å². The molecule has 0 spiro atoms. The molecule has 1 fully saturated rings. The van der Waals surface area contributed by atoms with Gasteiger partial charge in [-0.25, -0.2) is 12.8 Å². The van der Waals surface area contributed by atoms with Crippen molar-refractivity contribution < 1.29 is 12.8 Å². The molecule has 1 N–H and O–H groups in total. The minimum Gasteiger partial charge on any atom is -0.369 e. The summed E-state index contributed by atoms with van der Waals surface area (Å²) in [4.78, 5) is 6.55. The summed E-state index contributed by atoms with van der Waals surface area (Å²) >= 11 is 0. The van der Waals surface area contributed by atoms with Gasteiger partial charge in [0.2, 0.25) is 9.84 Å². The Morgan fingerprint density at radius 3 is 2.78 bits per heavy atom. The van der Waals surface area contributed by atoms with E-state index in [1.165, 1.54) is 24.4 Å². The second-order valence-corrected chi connectivity index (χ2v) is 8.76. The second kappa shape index (κ2) is 6.90. The first kappa shape index (κ1) is 17.9. The van der Waals surface area contributed by atoms with Gasteiger partial charge >= 0.3 is 0 Å². The monoisotopic (exact) mass is 385 g/mol. The molecule has 1 saturated heterocycles. The van der Waals surface area contributed by atoms with Crippen molar-refractivity contribution in [1.29, 1.82) is 0 Å². The molecule has 3 aromatic rings. The van der Waals surface area contributed by atoms with Crippen LogP contribution in [0.1, 0.15) is 6.92 Å². The lowest BCUT2D eigenvalue weighted by Gasteiger charge is -2.33. The van der Waals surface area contributed by atoms with E-state index >= 15 is 0 Å². The predicted molar refractivity (Wildman–Crippen MR) is 103 cm³/mol. The van der Waals surface area contributed by atoms with Crippen LogP contribution in [-0.4, -0.2) is 39.1 Å². The number of rotatable bonds is 3. The molecule has 27 heavy (non-hydrogen) atoms. The largest absolute Gasteiger partial charge is 0.369 e. The number of pyridine rings is 1. The number of hydrogen-bond donors (Lipinski definition) is 1. The summed E-state index contributed by atoms with van der Waals surface area (Å²) in [6, 6.07) is 12.9. The summed E-state index contributed by atoms with van der Waals surface area (Å²) < 4.78 is 39.1. The third-order valence-electron chi connectivity index (χ3n) is 4.79. The van der Waals surface area contributed by atoms with E-state index < -0.39 is 15.7 Å². The Hall–Kier alpha value is -2.51. The molecule has 1 atom stereocenters. The van der Waals surface area contributed by atoms with Gasteiger partial charge in [-0.15, -0.1) is 0 Å². The number of nitrogens with zero attached hydrogens (tertiary/aromatic N) is 2. The normalized spacial score (nSPS) is 18.0. The summed E-state index contributed by atoms with van der Waals surface area (Å²) in [7, 11) is -3.83. The van der Waals surface area contributed by atoms with Crippen molar-refractivity contribution in [3.8, 4) is 0 Å². The number of anilines is 1. The average Bonchev–Trinajstić information content (AvgIpc) is 2.67. The van der Waals surface area contributed by atoms with Crippen LogP contribution in [0, 0.1) is 5.82 Å². The molecule has 0 amide bonds. The van der Waals surface area contributed by atoms with E-state index in [1.807, 2.05) is 18.2 Å². The maximum atomic E-state index is 13.5. The van der Waals surface area contributed by atoms with E-state index in [4.69, 9.17) is 0 Å². The number of benzene rings is 2. The van der Waals surface area contributed by atoms with Gasteiger partial charge in [0.25, 0.3) is 0 Å². The van der Waals surface area contributed by atoms with E-state index in [0.717, 1.165) is 42.3 Å². The molecule has 1 aliphatic rings. The zero-order chi connectivity index (χ0) is 19.0. The molecule has 1 aromatic heterocycles. The quantitative estimate of drug-likeness (QED) is 0.751. The Kier molecular flexibility index (Phi) is 4.57. The SMILES string of the molecule is C[C@H]1CN(c2ccc3ncc(S(=O)(=O)c4cccc(F)c4)cc3c2)CCN1. The number of fused-ring (bicyclic) bond motifs is 1. The number of halogens is 1. The lowest BCUT2D eigenvalue weighted by Crippen LogP contribution is -2.49. The van der Waals surface area contributed by atoms with E-state index in [9.17, 15) is 12.8 Å². The highest BCUT2D eigenvalue weighted by molar-refractivity contribution is 7.91. The minimum atomic E-state index is -3.83. The second-order valence-electron chi connectivity index (χ2n) is 6.81. The van der Waals surface area contributed by atoms with Gasteiger partial charge in [0.1, 0.15) is 5.82 Å². The van der Waals surface area contributed by atoms with Crippen molar-refractivity contribution in [2.24, 2.45) is 0 Å². The van der Waals surface area contributed by atoms with Crippen molar-refractivity contribution in [3.63, 3.8) is 0 Å². The summed E-state index contributed by atoms with van der Waals surface area (Å²) in [5, 5.41) is 4.15. The molecule has 2 heterocycles. The molecule has 0 bridgehead atoms. The lowest BCUT2D eigenvalue weighted by molar-refractivity contribution is 0.485. The fourth-order valence-corrected chi connectivity index (χ4v) is 4.65. The third-order valence-corrected chi connectivity index (χ3v) is 6.51. The van der Waals surface area contributed by atoms with Crippen molar-refractivity contribution in [2.75, 3.05) is 24.5 Å². The Morgan fingerprint density at radius 2 is 2.00 bits per heavy atom. The highest BCUT2D eigenvalue weighted by Gasteiger charge is 2.20. The van der Waals surface area contributed by atoms with Crippen LogP contribution in [0.3, 0.4) is 0 Å². The number of hydrogen-bond acceptors (Lipinski definition) is 5. The smallest absolute Gasteiger partial charge is 0.208 e. The fraction of sp³-hybridized carbons (Fsp3) is 0.250. The first-order valence-electron chi connectivity index (χ1n) is 8.82. The highest BCUT2D eigenvalue weighted by atomic mass is 32.2. The molecule has 2 aromatic carbocycles. The van der Waals surface area contributed by atoms with Crippen LogP contribution in [0.4, 0.5) is 10.1 Å². The Bertz CT molecular complexity index is 1100. The fourth-order valence-electron chi connectivity index (χ4n) is 3.38. The van der Waals surface area contributed by atoms with E-state index in [-0.39, 0.29) is 9.79 Å². The standard InChI is InChI=1S/C20H20FN3O2S/c1-14-13-24(8-7-22-14)17-5-6-20-15(9-17)10-19(12-23-20)27(25,26)18-4-2-3-16(21)11-18/h2-6,9-12,14,22H,7-8,13H2,1H3/t14-/m0/s1. The minimum absolute atomic E-state index is 0.0615. The summed E-state index contributed by atoms with van der Waals surface area (Å²) in [5.41, 5.74) is 1.76. The lowest BCUT2D eigenvalue weighted by atomic mass is 10.1.